The van der Waals surface area contributed by atoms with Gasteiger partial charge in [-0.05, 0) is 37.1 Å². The van der Waals surface area contributed by atoms with Crippen LogP contribution in [0.15, 0.2) is 36.7 Å². The first-order valence-corrected chi connectivity index (χ1v) is 6.77. The monoisotopic (exact) mass is 296 g/mol. The Morgan fingerprint density at radius 1 is 1.27 bits per heavy atom. The molecule has 1 aromatic carbocycles. The Kier molecular flexibility index (Phi) is 3.71. The molecule has 0 aliphatic heterocycles. The van der Waals surface area contributed by atoms with E-state index in [1.54, 1.807) is 28.9 Å². The molecule has 0 aliphatic carbocycles. The molecular formula is C16H13FN4O. The van der Waals surface area contributed by atoms with Crippen molar-refractivity contribution in [3.63, 3.8) is 0 Å². The van der Waals surface area contributed by atoms with Gasteiger partial charge in [-0.25, -0.2) is 4.39 Å². The average Bonchev–Trinajstić information content (AvgIpc) is 3.03. The molecule has 110 valence electrons. The largest absolute Gasteiger partial charge is 0.496 e. The predicted molar refractivity (Wildman–Crippen MR) is 78.1 cm³/mol. The molecule has 6 heteroatoms. The van der Waals surface area contributed by atoms with Crippen LogP contribution in [0.2, 0.25) is 0 Å². The highest BCUT2D eigenvalue weighted by atomic mass is 19.1. The molecule has 0 fully saturated rings. The van der Waals surface area contributed by atoms with Crippen LogP contribution in [0.1, 0.15) is 16.8 Å². The van der Waals surface area contributed by atoms with Gasteiger partial charge in [-0.15, -0.1) is 10.2 Å². The van der Waals surface area contributed by atoms with Gasteiger partial charge < -0.3 is 4.74 Å². The SMILES string of the molecule is COc1cccc(F)c1CCc1ccc(C#N)c2nncn12. The van der Waals surface area contributed by atoms with Crippen LogP contribution < -0.4 is 4.74 Å². The molecule has 0 atom stereocenters. The second kappa shape index (κ2) is 5.82. The number of aryl methyl sites for hydroxylation is 1. The van der Waals surface area contributed by atoms with Crippen molar-refractivity contribution >= 4 is 5.65 Å². The Balaban J connectivity index is 1.93. The number of nitrogens with zero attached hydrogens (tertiary/aromatic N) is 4. The lowest BCUT2D eigenvalue weighted by atomic mass is 10.1. The molecule has 0 radical (unpaired) electrons. The standard InChI is InChI=1S/C16H13FN4O/c1-22-15-4-2-3-14(17)13(15)8-7-12-6-5-11(9-18)16-20-19-10-21(12)16/h2-6,10H,7-8H2,1H3. The predicted octanol–water partition coefficient (Wildman–Crippen LogP) is 2.53. The zero-order valence-electron chi connectivity index (χ0n) is 12.0. The van der Waals surface area contributed by atoms with Crippen LogP contribution in [0.4, 0.5) is 4.39 Å². The van der Waals surface area contributed by atoms with Crippen molar-refractivity contribution in [1.82, 2.24) is 14.6 Å². The molecule has 3 rings (SSSR count). The van der Waals surface area contributed by atoms with Gasteiger partial charge in [0.2, 0.25) is 0 Å². The number of hydrogen-bond donors (Lipinski definition) is 0. The third kappa shape index (κ3) is 2.37. The molecule has 2 heterocycles. The molecule has 5 nitrogen and oxygen atoms in total. The van der Waals surface area contributed by atoms with E-state index < -0.39 is 0 Å². The normalized spacial score (nSPS) is 10.6. The molecule has 2 aromatic heterocycles. The quantitative estimate of drug-likeness (QED) is 0.742. The summed E-state index contributed by atoms with van der Waals surface area (Å²) in [6.45, 7) is 0. The summed E-state index contributed by atoms with van der Waals surface area (Å²) in [6, 6.07) is 10.4. The first-order chi connectivity index (χ1) is 10.7. The van der Waals surface area contributed by atoms with Crippen LogP contribution in [-0.4, -0.2) is 21.7 Å². The van der Waals surface area contributed by atoms with Gasteiger partial charge in [-0.1, -0.05) is 6.07 Å². The zero-order chi connectivity index (χ0) is 15.5. The number of halogens is 1. The van der Waals surface area contributed by atoms with Crippen LogP contribution in [0, 0.1) is 17.1 Å². The minimum Gasteiger partial charge on any atom is -0.496 e. The first kappa shape index (κ1) is 14.0. The number of fused-ring (bicyclic) bond motifs is 1. The lowest BCUT2D eigenvalue weighted by Crippen LogP contribution is -2.03. The van der Waals surface area contributed by atoms with E-state index in [2.05, 4.69) is 16.3 Å². The molecule has 3 aromatic rings. The zero-order valence-corrected chi connectivity index (χ0v) is 12.0. The smallest absolute Gasteiger partial charge is 0.178 e. The highest BCUT2D eigenvalue weighted by molar-refractivity contribution is 5.55. The van der Waals surface area contributed by atoms with Crippen LogP contribution in [0.25, 0.3) is 5.65 Å². The molecule has 0 aliphatic rings. The number of rotatable bonds is 4. The summed E-state index contributed by atoms with van der Waals surface area (Å²) in [6.07, 6.45) is 2.62. The van der Waals surface area contributed by atoms with Gasteiger partial charge >= 0.3 is 0 Å². The van der Waals surface area contributed by atoms with Gasteiger partial charge in [0, 0.05) is 11.3 Å². The summed E-state index contributed by atoms with van der Waals surface area (Å²) in [5.74, 6) is 0.252. The topological polar surface area (TPSA) is 63.2 Å². The number of hydrogen-bond acceptors (Lipinski definition) is 4. The number of pyridine rings is 1. The fraction of sp³-hybridized carbons (Fsp3) is 0.188. The summed E-state index contributed by atoms with van der Waals surface area (Å²) in [4.78, 5) is 0. The average molecular weight is 296 g/mol. The number of nitriles is 1. The van der Waals surface area contributed by atoms with Gasteiger partial charge in [-0.3, -0.25) is 4.40 Å². The van der Waals surface area contributed by atoms with E-state index in [4.69, 9.17) is 10.00 Å². The van der Waals surface area contributed by atoms with Crippen molar-refractivity contribution < 1.29 is 9.13 Å². The Labute approximate surface area is 126 Å². The second-order valence-corrected chi connectivity index (χ2v) is 4.80. The summed E-state index contributed by atoms with van der Waals surface area (Å²) in [5, 5.41) is 16.8. The van der Waals surface area contributed by atoms with E-state index in [1.165, 1.54) is 13.2 Å². The molecule has 0 saturated carbocycles. The highest BCUT2D eigenvalue weighted by Crippen LogP contribution is 2.23. The Bertz CT molecular complexity index is 866. The van der Waals surface area contributed by atoms with E-state index in [9.17, 15) is 4.39 Å². The van der Waals surface area contributed by atoms with E-state index in [1.807, 2.05) is 6.07 Å². The maximum absolute atomic E-state index is 14.0. The molecule has 0 N–H and O–H groups in total. The van der Waals surface area contributed by atoms with E-state index in [0.29, 0.717) is 35.4 Å². The van der Waals surface area contributed by atoms with Gasteiger partial charge in [0.25, 0.3) is 0 Å². The Morgan fingerprint density at radius 2 is 2.14 bits per heavy atom. The van der Waals surface area contributed by atoms with Crippen molar-refractivity contribution in [2.45, 2.75) is 12.8 Å². The summed E-state index contributed by atoms with van der Waals surface area (Å²) < 4.78 is 20.9. The summed E-state index contributed by atoms with van der Waals surface area (Å²) in [5.41, 5.74) is 2.42. The number of aromatic nitrogens is 3. The molecule has 22 heavy (non-hydrogen) atoms. The fourth-order valence-corrected chi connectivity index (χ4v) is 2.48. The van der Waals surface area contributed by atoms with Crippen LogP contribution in [0.3, 0.4) is 0 Å². The van der Waals surface area contributed by atoms with E-state index in [0.717, 1.165) is 5.69 Å². The summed E-state index contributed by atoms with van der Waals surface area (Å²) >= 11 is 0. The molecule has 0 amide bonds. The molecular weight excluding hydrogens is 283 g/mol. The highest BCUT2D eigenvalue weighted by Gasteiger charge is 2.12. The minimum absolute atomic E-state index is 0.284. The van der Waals surface area contributed by atoms with Crippen molar-refractivity contribution in [3.8, 4) is 11.8 Å². The van der Waals surface area contributed by atoms with Crippen LogP contribution in [-0.2, 0) is 12.8 Å². The van der Waals surface area contributed by atoms with Crippen molar-refractivity contribution in [2.75, 3.05) is 7.11 Å². The first-order valence-electron chi connectivity index (χ1n) is 6.77. The van der Waals surface area contributed by atoms with E-state index >= 15 is 0 Å². The molecule has 0 saturated heterocycles. The third-order valence-corrected chi connectivity index (χ3v) is 3.59. The number of ether oxygens (including phenoxy) is 1. The lowest BCUT2D eigenvalue weighted by molar-refractivity contribution is 0.404. The van der Waals surface area contributed by atoms with Gasteiger partial charge in [0.1, 0.15) is 24.0 Å². The molecule has 0 bridgehead atoms. The van der Waals surface area contributed by atoms with Crippen molar-refractivity contribution in [2.24, 2.45) is 0 Å². The van der Waals surface area contributed by atoms with Gasteiger partial charge in [0.15, 0.2) is 5.65 Å². The maximum Gasteiger partial charge on any atom is 0.178 e. The van der Waals surface area contributed by atoms with Crippen molar-refractivity contribution in [1.29, 1.82) is 5.26 Å². The summed E-state index contributed by atoms with van der Waals surface area (Å²) in [7, 11) is 1.53. The Hall–Kier alpha value is -2.94. The van der Waals surface area contributed by atoms with E-state index in [-0.39, 0.29) is 5.82 Å². The molecule has 0 spiro atoms. The van der Waals surface area contributed by atoms with Crippen molar-refractivity contribution in [3.05, 3.63) is 59.3 Å². The molecule has 0 unspecified atom stereocenters. The minimum atomic E-state index is -0.284. The van der Waals surface area contributed by atoms with Crippen LogP contribution in [0.5, 0.6) is 5.75 Å². The number of benzene rings is 1. The Morgan fingerprint density at radius 3 is 2.91 bits per heavy atom. The van der Waals surface area contributed by atoms with Gasteiger partial charge in [0.05, 0.1) is 12.7 Å². The van der Waals surface area contributed by atoms with Crippen LogP contribution >= 0.6 is 0 Å². The fourth-order valence-electron chi connectivity index (χ4n) is 2.48. The third-order valence-electron chi connectivity index (χ3n) is 3.59. The second-order valence-electron chi connectivity index (χ2n) is 4.80. The number of methoxy groups -OCH3 is 1. The maximum atomic E-state index is 14.0. The lowest BCUT2D eigenvalue weighted by Gasteiger charge is -2.10. The van der Waals surface area contributed by atoms with Gasteiger partial charge in [-0.2, -0.15) is 5.26 Å².